The van der Waals surface area contributed by atoms with Gasteiger partial charge in [0.15, 0.2) is 0 Å². The molecule has 98 valence electrons. The molecular formula is C13H14N4OS. The second-order valence-electron chi connectivity index (χ2n) is 4.31. The van der Waals surface area contributed by atoms with Crippen LogP contribution in [0.3, 0.4) is 0 Å². The number of hydrogen-bond acceptors (Lipinski definition) is 5. The van der Waals surface area contributed by atoms with Gasteiger partial charge in [0.25, 0.3) is 0 Å². The normalized spacial score (nSPS) is 19.3. The molecule has 6 heteroatoms. The van der Waals surface area contributed by atoms with Gasteiger partial charge in [0, 0.05) is 18.1 Å². The molecule has 0 saturated carbocycles. The maximum absolute atomic E-state index is 12.5. The Balaban J connectivity index is 1.89. The highest BCUT2D eigenvalue weighted by molar-refractivity contribution is 7.99. The predicted molar refractivity (Wildman–Crippen MR) is 74.8 cm³/mol. The van der Waals surface area contributed by atoms with Crippen LogP contribution in [-0.4, -0.2) is 44.9 Å². The highest BCUT2D eigenvalue weighted by Crippen LogP contribution is 2.15. The van der Waals surface area contributed by atoms with Gasteiger partial charge in [-0.1, -0.05) is 23.4 Å². The molecule has 2 heterocycles. The summed E-state index contributed by atoms with van der Waals surface area (Å²) in [5.41, 5.74) is 1.39. The zero-order valence-corrected chi connectivity index (χ0v) is 11.1. The van der Waals surface area contributed by atoms with Gasteiger partial charge in [-0.25, -0.2) is 4.68 Å². The monoisotopic (exact) mass is 274 g/mol. The van der Waals surface area contributed by atoms with E-state index < -0.39 is 0 Å². The molecule has 0 radical (unpaired) electrons. The second-order valence-corrected chi connectivity index (χ2v) is 5.46. The van der Waals surface area contributed by atoms with Crippen LogP contribution in [0.4, 0.5) is 0 Å². The molecule has 1 N–H and O–H groups in total. The number of rotatable bonds is 3. The van der Waals surface area contributed by atoms with Crippen LogP contribution in [0.25, 0.3) is 5.69 Å². The van der Waals surface area contributed by atoms with Crippen molar-refractivity contribution in [3.63, 3.8) is 0 Å². The maximum atomic E-state index is 12.5. The van der Waals surface area contributed by atoms with Gasteiger partial charge in [-0.15, -0.1) is 5.10 Å². The largest absolute Gasteiger partial charge is 0.306 e. The quantitative estimate of drug-likeness (QED) is 0.851. The summed E-state index contributed by atoms with van der Waals surface area (Å²) in [5, 5.41) is 11.1. The molecule has 1 aromatic carbocycles. The lowest BCUT2D eigenvalue weighted by molar-refractivity contribution is 0.0945. The zero-order chi connectivity index (χ0) is 13.1. The Morgan fingerprint density at radius 3 is 2.95 bits per heavy atom. The van der Waals surface area contributed by atoms with Crippen molar-refractivity contribution in [1.29, 1.82) is 0 Å². The van der Waals surface area contributed by atoms with Crippen LogP contribution in [0, 0.1) is 0 Å². The van der Waals surface area contributed by atoms with E-state index in [-0.39, 0.29) is 11.8 Å². The minimum atomic E-state index is -0.139. The van der Waals surface area contributed by atoms with Gasteiger partial charge in [0.05, 0.1) is 17.9 Å². The van der Waals surface area contributed by atoms with E-state index in [1.165, 1.54) is 6.20 Å². The average molecular weight is 274 g/mol. The molecule has 1 aliphatic heterocycles. The number of Topliss-reactive ketones (excluding diaryl/α,β-unsaturated/α-hetero) is 1. The smallest absolute Gasteiger partial charge is 0.200 e. The summed E-state index contributed by atoms with van der Waals surface area (Å²) < 4.78 is 1.60. The fraction of sp³-hybridized carbons (Fsp3) is 0.308. The third kappa shape index (κ3) is 2.54. The molecule has 1 aliphatic rings. The highest BCUT2D eigenvalue weighted by atomic mass is 32.2. The molecule has 0 aliphatic carbocycles. The molecule has 3 rings (SSSR count). The summed E-state index contributed by atoms with van der Waals surface area (Å²) >= 11 is 1.80. The van der Waals surface area contributed by atoms with Crippen molar-refractivity contribution in [3.05, 3.63) is 42.2 Å². The van der Waals surface area contributed by atoms with Crippen LogP contribution in [0.1, 0.15) is 10.5 Å². The first-order valence-electron chi connectivity index (χ1n) is 6.18. The first-order chi connectivity index (χ1) is 9.36. The van der Waals surface area contributed by atoms with E-state index in [4.69, 9.17) is 0 Å². The molecule has 0 spiro atoms. The average Bonchev–Trinajstić information content (AvgIpc) is 2.98. The van der Waals surface area contributed by atoms with E-state index in [0.29, 0.717) is 5.69 Å². The van der Waals surface area contributed by atoms with E-state index in [2.05, 4.69) is 15.6 Å². The molecule has 5 nitrogen and oxygen atoms in total. The van der Waals surface area contributed by atoms with E-state index >= 15 is 0 Å². The molecule has 0 amide bonds. The second kappa shape index (κ2) is 5.54. The summed E-state index contributed by atoms with van der Waals surface area (Å²) in [6.45, 7) is 0.869. The van der Waals surface area contributed by atoms with Crippen LogP contribution >= 0.6 is 11.8 Å². The van der Waals surface area contributed by atoms with E-state index in [9.17, 15) is 4.79 Å². The van der Waals surface area contributed by atoms with Gasteiger partial charge in [-0.3, -0.25) is 4.79 Å². The summed E-state index contributed by atoms with van der Waals surface area (Å²) in [6.07, 6.45) is 1.54. The molecule has 1 fully saturated rings. The fourth-order valence-electron chi connectivity index (χ4n) is 2.08. The SMILES string of the molecule is O=C(c1cnnn1-c1ccccc1)C1CSCCN1. The Labute approximate surface area is 115 Å². The summed E-state index contributed by atoms with van der Waals surface area (Å²) in [7, 11) is 0. The standard InChI is InChI=1S/C13H14N4OS/c18-13(11-9-19-7-6-14-11)12-8-15-16-17(12)10-4-2-1-3-5-10/h1-5,8,11,14H,6-7,9H2. The third-order valence-corrected chi connectivity index (χ3v) is 4.10. The molecule has 1 atom stereocenters. The first-order valence-corrected chi connectivity index (χ1v) is 7.33. The van der Waals surface area contributed by atoms with Crippen molar-refractivity contribution >= 4 is 17.5 Å². The number of nitrogens with one attached hydrogen (secondary N) is 1. The number of hydrogen-bond donors (Lipinski definition) is 1. The topological polar surface area (TPSA) is 59.8 Å². The number of benzene rings is 1. The number of para-hydroxylation sites is 1. The van der Waals surface area contributed by atoms with E-state index in [1.807, 2.05) is 30.3 Å². The van der Waals surface area contributed by atoms with E-state index in [0.717, 1.165) is 23.7 Å². The van der Waals surface area contributed by atoms with Gasteiger partial charge < -0.3 is 5.32 Å². The van der Waals surface area contributed by atoms with Gasteiger partial charge >= 0.3 is 0 Å². The minimum Gasteiger partial charge on any atom is -0.306 e. The Hall–Kier alpha value is -1.66. The van der Waals surface area contributed by atoms with Crippen LogP contribution in [0.5, 0.6) is 0 Å². The summed E-state index contributed by atoms with van der Waals surface area (Å²) in [4.78, 5) is 12.5. The lowest BCUT2D eigenvalue weighted by Gasteiger charge is -2.21. The zero-order valence-electron chi connectivity index (χ0n) is 10.3. The van der Waals surface area contributed by atoms with Crippen molar-refractivity contribution in [2.24, 2.45) is 0 Å². The lowest BCUT2D eigenvalue weighted by atomic mass is 10.1. The number of aromatic nitrogens is 3. The Kier molecular flexibility index (Phi) is 3.61. The number of carbonyl (C=O) groups excluding carboxylic acids is 1. The molecule has 1 saturated heterocycles. The van der Waals surface area contributed by atoms with Crippen LogP contribution in [0.15, 0.2) is 36.5 Å². The van der Waals surface area contributed by atoms with Gasteiger partial charge in [0.2, 0.25) is 5.78 Å². The van der Waals surface area contributed by atoms with Crippen molar-refractivity contribution in [2.75, 3.05) is 18.1 Å². The molecule has 0 bridgehead atoms. The van der Waals surface area contributed by atoms with Gasteiger partial charge in [0.1, 0.15) is 5.69 Å². The predicted octanol–water partition coefficient (Wildman–Crippen LogP) is 1.16. The van der Waals surface area contributed by atoms with Crippen molar-refractivity contribution in [2.45, 2.75) is 6.04 Å². The van der Waals surface area contributed by atoms with Gasteiger partial charge in [-0.05, 0) is 12.1 Å². The molecular weight excluding hydrogens is 260 g/mol. The molecule has 1 aromatic heterocycles. The number of nitrogens with zero attached hydrogens (tertiary/aromatic N) is 3. The lowest BCUT2D eigenvalue weighted by Crippen LogP contribution is -2.44. The van der Waals surface area contributed by atoms with Crippen LogP contribution < -0.4 is 5.32 Å². The number of ketones is 1. The number of carbonyl (C=O) groups is 1. The molecule has 19 heavy (non-hydrogen) atoms. The first kappa shape index (κ1) is 12.4. The third-order valence-electron chi connectivity index (χ3n) is 3.04. The van der Waals surface area contributed by atoms with Crippen LogP contribution in [0.2, 0.25) is 0 Å². The Bertz CT molecular complexity index is 563. The Morgan fingerprint density at radius 2 is 2.21 bits per heavy atom. The highest BCUT2D eigenvalue weighted by Gasteiger charge is 2.25. The van der Waals surface area contributed by atoms with Crippen molar-refractivity contribution < 1.29 is 4.79 Å². The minimum absolute atomic E-state index is 0.0565. The summed E-state index contributed by atoms with van der Waals surface area (Å²) in [5.74, 6) is 1.92. The Morgan fingerprint density at radius 1 is 1.37 bits per heavy atom. The number of thioether (sulfide) groups is 1. The van der Waals surface area contributed by atoms with Gasteiger partial charge in [-0.2, -0.15) is 11.8 Å². The van der Waals surface area contributed by atoms with Crippen molar-refractivity contribution in [3.8, 4) is 5.69 Å². The molecule has 1 unspecified atom stereocenters. The summed E-state index contributed by atoms with van der Waals surface area (Å²) in [6, 6.07) is 9.45. The van der Waals surface area contributed by atoms with Crippen LogP contribution in [-0.2, 0) is 0 Å². The van der Waals surface area contributed by atoms with Crippen molar-refractivity contribution in [1.82, 2.24) is 20.3 Å². The van der Waals surface area contributed by atoms with E-state index in [1.54, 1.807) is 16.4 Å². The molecule has 2 aromatic rings. The fourth-order valence-corrected chi connectivity index (χ4v) is 3.01. The maximum Gasteiger partial charge on any atom is 0.200 e.